The molecular weight excluding hydrogens is 308 g/mol. The minimum absolute atomic E-state index is 0.0351. The van der Waals surface area contributed by atoms with Crippen LogP contribution >= 0.6 is 0 Å². The number of hydrogen-bond donors (Lipinski definition) is 3. The molecule has 1 unspecified atom stereocenters. The van der Waals surface area contributed by atoms with Gasteiger partial charge in [-0.05, 0) is 24.6 Å². The van der Waals surface area contributed by atoms with Crippen molar-refractivity contribution < 1.29 is 14.3 Å². The van der Waals surface area contributed by atoms with Crippen LogP contribution in [0, 0.1) is 0 Å². The smallest absolute Gasteiger partial charge is 0.312 e. The van der Waals surface area contributed by atoms with Gasteiger partial charge in [-0.3, -0.25) is 4.79 Å². The maximum Gasteiger partial charge on any atom is 0.312 e. The summed E-state index contributed by atoms with van der Waals surface area (Å²) < 4.78 is 5.38. The Morgan fingerprint density at radius 3 is 2.62 bits per heavy atom. The standard InChI is InChI=1S/C17H20N4O3/c1-2-24-16-13(9-6-10-19-16)20-15(22)11-14(21-17(18)23)12-7-4-3-5-8-12/h3-10,14H,2,11H2,1H3,(H,20,22)(H3,18,21,23). The zero-order chi connectivity index (χ0) is 17.4. The molecule has 1 aromatic heterocycles. The molecule has 4 N–H and O–H groups in total. The van der Waals surface area contributed by atoms with Crippen LogP contribution in [0.25, 0.3) is 0 Å². The second-order valence-corrected chi connectivity index (χ2v) is 5.01. The van der Waals surface area contributed by atoms with Gasteiger partial charge in [0, 0.05) is 6.20 Å². The van der Waals surface area contributed by atoms with Gasteiger partial charge >= 0.3 is 6.03 Å². The number of nitrogens with one attached hydrogen (secondary N) is 2. The quantitative estimate of drug-likeness (QED) is 0.724. The van der Waals surface area contributed by atoms with Crippen LogP contribution in [-0.2, 0) is 4.79 Å². The third-order valence-corrected chi connectivity index (χ3v) is 3.23. The average Bonchev–Trinajstić information content (AvgIpc) is 2.57. The SMILES string of the molecule is CCOc1ncccc1NC(=O)CC(NC(N)=O)c1ccccc1. The van der Waals surface area contributed by atoms with E-state index >= 15 is 0 Å². The van der Waals surface area contributed by atoms with Crippen LogP contribution in [-0.4, -0.2) is 23.5 Å². The van der Waals surface area contributed by atoms with Gasteiger partial charge in [0.25, 0.3) is 0 Å². The van der Waals surface area contributed by atoms with E-state index in [0.717, 1.165) is 5.56 Å². The van der Waals surface area contributed by atoms with Gasteiger partial charge in [-0.2, -0.15) is 0 Å². The number of amides is 3. The van der Waals surface area contributed by atoms with E-state index in [2.05, 4.69) is 15.6 Å². The molecule has 0 aliphatic rings. The third-order valence-electron chi connectivity index (χ3n) is 3.23. The van der Waals surface area contributed by atoms with Crippen molar-refractivity contribution in [2.75, 3.05) is 11.9 Å². The Hall–Kier alpha value is -3.09. The molecule has 24 heavy (non-hydrogen) atoms. The summed E-state index contributed by atoms with van der Waals surface area (Å²) in [7, 11) is 0. The summed E-state index contributed by atoms with van der Waals surface area (Å²) in [6.45, 7) is 2.28. The normalized spacial score (nSPS) is 11.4. The van der Waals surface area contributed by atoms with E-state index in [0.29, 0.717) is 18.2 Å². The molecule has 1 atom stereocenters. The molecule has 0 saturated carbocycles. The monoisotopic (exact) mass is 328 g/mol. The maximum atomic E-state index is 12.3. The lowest BCUT2D eigenvalue weighted by Gasteiger charge is -2.18. The Kier molecular flexibility index (Phi) is 6.13. The first-order valence-corrected chi connectivity index (χ1v) is 7.58. The highest BCUT2D eigenvalue weighted by Gasteiger charge is 2.18. The van der Waals surface area contributed by atoms with E-state index in [9.17, 15) is 9.59 Å². The van der Waals surface area contributed by atoms with Gasteiger partial charge in [-0.1, -0.05) is 30.3 Å². The molecule has 3 amide bonds. The van der Waals surface area contributed by atoms with E-state index in [4.69, 9.17) is 10.5 Å². The van der Waals surface area contributed by atoms with Crippen LogP contribution in [0.5, 0.6) is 5.88 Å². The molecule has 1 aromatic carbocycles. The number of rotatable bonds is 7. The number of anilines is 1. The number of nitrogens with zero attached hydrogens (tertiary/aromatic N) is 1. The highest BCUT2D eigenvalue weighted by molar-refractivity contribution is 5.92. The second kappa shape index (κ2) is 8.52. The largest absolute Gasteiger partial charge is 0.476 e. The molecule has 2 rings (SSSR count). The Morgan fingerprint density at radius 1 is 1.21 bits per heavy atom. The minimum Gasteiger partial charge on any atom is -0.476 e. The highest BCUT2D eigenvalue weighted by Crippen LogP contribution is 2.22. The summed E-state index contributed by atoms with van der Waals surface area (Å²) in [5.74, 6) is 0.0685. The Bertz CT molecular complexity index is 691. The topological polar surface area (TPSA) is 106 Å². The molecule has 126 valence electrons. The fourth-order valence-corrected chi connectivity index (χ4v) is 2.23. The summed E-state index contributed by atoms with van der Waals surface area (Å²) in [5.41, 5.74) is 6.49. The van der Waals surface area contributed by atoms with Crippen molar-refractivity contribution in [3.63, 3.8) is 0 Å². The van der Waals surface area contributed by atoms with Gasteiger partial charge in [0.05, 0.1) is 19.1 Å². The number of carbonyl (C=O) groups is 2. The first-order chi connectivity index (χ1) is 11.6. The van der Waals surface area contributed by atoms with Crippen molar-refractivity contribution in [1.29, 1.82) is 0 Å². The number of carbonyl (C=O) groups excluding carboxylic acids is 2. The van der Waals surface area contributed by atoms with Crippen LogP contribution in [0.4, 0.5) is 10.5 Å². The van der Waals surface area contributed by atoms with E-state index in [1.165, 1.54) is 0 Å². The van der Waals surface area contributed by atoms with Gasteiger partial charge in [0.15, 0.2) is 0 Å². The van der Waals surface area contributed by atoms with Crippen LogP contribution in [0.1, 0.15) is 24.9 Å². The van der Waals surface area contributed by atoms with Crippen molar-refractivity contribution >= 4 is 17.6 Å². The van der Waals surface area contributed by atoms with Crippen molar-refractivity contribution in [2.24, 2.45) is 5.73 Å². The number of benzene rings is 1. The molecule has 1 heterocycles. The number of primary amides is 1. The fraction of sp³-hybridized carbons (Fsp3) is 0.235. The molecule has 0 aliphatic heterocycles. The van der Waals surface area contributed by atoms with E-state index in [1.54, 1.807) is 18.3 Å². The molecule has 0 radical (unpaired) electrons. The highest BCUT2D eigenvalue weighted by atomic mass is 16.5. The number of ether oxygens (including phenoxy) is 1. The summed E-state index contributed by atoms with van der Waals surface area (Å²) in [5, 5.41) is 5.33. The predicted molar refractivity (Wildman–Crippen MR) is 90.6 cm³/mol. The number of pyridine rings is 1. The summed E-state index contributed by atoms with van der Waals surface area (Å²) >= 11 is 0. The predicted octanol–water partition coefficient (Wildman–Crippen LogP) is 2.22. The van der Waals surface area contributed by atoms with E-state index in [1.807, 2.05) is 37.3 Å². The van der Waals surface area contributed by atoms with Crippen LogP contribution in [0.2, 0.25) is 0 Å². The van der Waals surface area contributed by atoms with Crippen LogP contribution < -0.4 is 21.1 Å². The Balaban J connectivity index is 2.09. The third kappa shape index (κ3) is 4.98. The number of hydrogen-bond acceptors (Lipinski definition) is 4. The lowest BCUT2D eigenvalue weighted by Crippen LogP contribution is -2.35. The molecule has 7 nitrogen and oxygen atoms in total. The summed E-state index contributed by atoms with van der Waals surface area (Å²) in [4.78, 5) is 27.6. The van der Waals surface area contributed by atoms with Crippen molar-refractivity contribution in [1.82, 2.24) is 10.3 Å². The maximum absolute atomic E-state index is 12.3. The van der Waals surface area contributed by atoms with Crippen molar-refractivity contribution in [3.8, 4) is 5.88 Å². The Labute approximate surface area is 140 Å². The second-order valence-electron chi connectivity index (χ2n) is 5.01. The molecule has 0 saturated heterocycles. The van der Waals surface area contributed by atoms with Crippen LogP contribution in [0.3, 0.4) is 0 Å². The first-order valence-electron chi connectivity index (χ1n) is 7.58. The minimum atomic E-state index is -0.687. The van der Waals surface area contributed by atoms with Gasteiger partial charge in [-0.15, -0.1) is 0 Å². The molecule has 0 fully saturated rings. The lowest BCUT2D eigenvalue weighted by atomic mass is 10.0. The summed E-state index contributed by atoms with van der Waals surface area (Å²) in [6, 6.07) is 11.4. The molecule has 7 heteroatoms. The van der Waals surface area contributed by atoms with Gasteiger partial charge in [-0.25, -0.2) is 9.78 Å². The summed E-state index contributed by atoms with van der Waals surface area (Å²) in [6.07, 6.45) is 1.62. The number of urea groups is 1. The van der Waals surface area contributed by atoms with Crippen molar-refractivity contribution in [3.05, 3.63) is 54.2 Å². The molecular formula is C17H20N4O3. The first kappa shape index (κ1) is 17.3. The van der Waals surface area contributed by atoms with Crippen molar-refractivity contribution in [2.45, 2.75) is 19.4 Å². The molecule has 2 aromatic rings. The van der Waals surface area contributed by atoms with E-state index in [-0.39, 0.29) is 12.3 Å². The molecule has 0 spiro atoms. The Morgan fingerprint density at radius 2 is 1.96 bits per heavy atom. The number of aromatic nitrogens is 1. The molecule has 0 aliphatic carbocycles. The number of nitrogens with two attached hydrogens (primary N) is 1. The zero-order valence-electron chi connectivity index (χ0n) is 13.4. The fourth-order valence-electron chi connectivity index (χ4n) is 2.23. The molecule has 0 bridgehead atoms. The van der Waals surface area contributed by atoms with Gasteiger partial charge in [0.2, 0.25) is 11.8 Å². The lowest BCUT2D eigenvalue weighted by molar-refractivity contribution is -0.116. The van der Waals surface area contributed by atoms with Gasteiger partial charge in [0.1, 0.15) is 5.69 Å². The van der Waals surface area contributed by atoms with Gasteiger partial charge < -0.3 is 21.1 Å². The van der Waals surface area contributed by atoms with Crippen LogP contribution in [0.15, 0.2) is 48.7 Å². The average molecular weight is 328 g/mol. The van der Waals surface area contributed by atoms with E-state index < -0.39 is 12.1 Å². The zero-order valence-corrected chi connectivity index (χ0v) is 13.4.